The first-order valence-electron chi connectivity index (χ1n) is 6.45. The Morgan fingerprint density at radius 2 is 1.85 bits per heavy atom. The van der Waals surface area contributed by atoms with Crippen molar-refractivity contribution < 1.29 is 9.59 Å². The smallest absolute Gasteiger partial charge is 0.321 e. The predicted octanol–water partition coefficient (Wildman–Crippen LogP) is 1.29. The van der Waals surface area contributed by atoms with Gasteiger partial charge in [0.1, 0.15) is 0 Å². The number of hydrogen-bond acceptors (Lipinski definition) is 3. The lowest BCUT2D eigenvalue weighted by Gasteiger charge is -2.30. The quantitative estimate of drug-likeness (QED) is 0.848. The number of anilines is 1. The molecule has 1 aliphatic rings. The topological polar surface area (TPSA) is 99.2 Å². The number of urea groups is 1. The van der Waals surface area contributed by atoms with Gasteiger partial charge in [-0.3, -0.25) is 4.79 Å². The number of primary amides is 1. The van der Waals surface area contributed by atoms with Crippen LogP contribution in [-0.4, -0.2) is 29.9 Å². The average Bonchev–Trinajstić information content (AvgIpc) is 2.48. The van der Waals surface area contributed by atoms with Gasteiger partial charge in [0.15, 0.2) is 0 Å². The van der Waals surface area contributed by atoms with Gasteiger partial charge in [-0.25, -0.2) is 4.79 Å². The molecule has 20 heavy (non-hydrogen) atoms. The van der Waals surface area contributed by atoms with Crippen molar-refractivity contribution in [1.29, 1.82) is 5.26 Å². The number of nitrogens with two attached hydrogens (primary N) is 1. The van der Waals surface area contributed by atoms with Gasteiger partial charge in [-0.15, -0.1) is 0 Å². The molecule has 6 nitrogen and oxygen atoms in total. The minimum Gasteiger partial charge on any atom is -0.369 e. The van der Waals surface area contributed by atoms with Crippen LogP contribution in [0.3, 0.4) is 0 Å². The van der Waals surface area contributed by atoms with Crippen LogP contribution in [0.15, 0.2) is 24.3 Å². The van der Waals surface area contributed by atoms with Crippen molar-refractivity contribution in [3.05, 3.63) is 29.8 Å². The molecule has 1 aromatic carbocycles. The van der Waals surface area contributed by atoms with Crippen LogP contribution < -0.4 is 11.1 Å². The van der Waals surface area contributed by atoms with E-state index in [1.54, 1.807) is 29.2 Å². The molecule has 6 heteroatoms. The Morgan fingerprint density at radius 1 is 1.25 bits per heavy atom. The average molecular weight is 272 g/mol. The fourth-order valence-electron chi connectivity index (χ4n) is 2.20. The van der Waals surface area contributed by atoms with Gasteiger partial charge in [0, 0.05) is 24.7 Å². The van der Waals surface area contributed by atoms with Gasteiger partial charge in [0.2, 0.25) is 5.91 Å². The Bertz CT molecular complexity index is 539. The summed E-state index contributed by atoms with van der Waals surface area (Å²) >= 11 is 0. The Balaban J connectivity index is 1.89. The number of likely N-dealkylation sites (tertiary alicyclic amines) is 1. The van der Waals surface area contributed by atoms with Gasteiger partial charge in [0.25, 0.3) is 0 Å². The normalized spacial score (nSPS) is 15.4. The van der Waals surface area contributed by atoms with Crippen molar-refractivity contribution in [2.24, 2.45) is 11.7 Å². The molecule has 0 spiro atoms. The van der Waals surface area contributed by atoms with Gasteiger partial charge in [-0.2, -0.15) is 5.26 Å². The fourth-order valence-corrected chi connectivity index (χ4v) is 2.20. The highest BCUT2D eigenvalue weighted by Crippen LogP contribution is 2.18. The molecule has 1 saturated heterocycles. The fraction of sp³-hybridized carbons (Fsp3) is 0.357. The van der Waals surface area contributed by atoms with Crippen molar-refractivity contribution in [2.45, 2.75) is 12.8 Å². The molecule has 1 fully saturated rings. The lowest BCUT2D eigenvalue weighted by Crippen LogP contribution is -2.43. The van der Waals surface area contributed by atoms with Crippen molar-refractivity contribution >= 4 is 17.6 Å². The third kappa shape index (κ3) is 3.26. The third-order valence-corrected chi connectivity index (χ3v) is 3.45. The number of nitriles is 1. The number of piperidine rings is 1. The molecule has 1 aromatic rings. The third-order valence-electron chi connectivity index (χ3n) is 3.45. The summed E-state index contributed by atoms with van der Waals surface area (Å²) in [5.74, 6) is -0.425. The SMILES string of the molecule is N#Cc1ccc(NC(=O)N2CCC(C(N)=O)CC2)cc1. The van der Waals surface area contributed by atoms with E-state index in [1.165, 1.54) is 0 Å². The maximum absolute atomic E-state index is 12.0. The predicted molar refractivity (Wildman–Crippen MR) is 73.7 cm³/mol. The molecule has 0 aromatic heterocycles. The number of nitrogens with one attached hydrogen (secondary N) is 1. The van der Waals surface area contributed by atoms with Gasteiger partial charge in [0.05, 0.1) is 11.6 Å². The molecule has 3 amide bonds. The van der Waals surface area contributed by atoms with Crippen molar-refractivity contribution in [1.82, 2.24) is 4.90 Å². The monoisotopic (exact) mass is 272 g/mol. The molecular weight excluding hydrogens is 256 g/mol. The first-order valence-corrected chi connectivity index (χ1v) is 6.45. The van der Waals surface area contributed by atoms with E-state index in [9.17, 15) is 9.59 Å². The first-order chi connectivity index (χ1) is 9.60. The second-order valence-electron chi connectivity index (χ2n) is 4.78. The molecular formula is C14H16N4O2. The number of rotatable bonds is 2. The zero-order chi connectivity index (χ0) is 14.5. The van der Waals surface area contributed by atoms with E-state index in [2.05, 4.69) is 5.32 Å². The van der Waals surface area contributed by atoms with E-state index >= 15 is 0 Å². The molecule has 0 atom stereocenters. The molecule has 0 radical (unpaired) electrons. The van der Waals surface area contributed by atoms with Crippen LogP contribution in [-0.2, 0) is 4.79 Å². The number of hydrogen-bond donors (Lipinski definition) is 2. The van der Waals surface area contributed by atoms with Crippen LogP contribution in [0.5, 0.6) is 0 Å². The van der Waals surface area contributed by atoms with E-state index in [1.807, 2.05) is 6.07 Å². The van der Waals surface area contributed by atoms with E-state index < -0.39 is 0 Å². The van der Waals surface area contributed by atoms with Gasteiger partial charge in [-0.05, 0) is 37.1 Å². The summed E-state index contributed by atoms with van der Waals surface area (Å²) in [5.41, 5.74) is 6.45. The molecule has 0 aliphatic carbocycles. The highest BCUT2D eigenvalue weighted by atomic mass is 16.2. The van der Waals surface area contributed by atoms with E-state index in [-0.39, 0.29) is 17.9 Å². The summed E-state index contributed by atoms with van der Waals surface area (Å²) in [7, 11) is 0. The first kappa shape index (κ1) is 13.9. The van der Waals surface area contributed by atoms with Crippen molar-refractivity contribution in [3.63, 3.8) is 0 Å². The molecule has 3 N–H and O–H groups in total. The van der Waals surface area contributed by atoms with Gasteiger partial charge in [-0.1, -0.05) is 0 Å². The van der Waals surface area contributed by atoms with E-state index in [4.69, 9.17) is 11.0 Å². The lowest BCUT2D eigenvalue weighted by molar-refractivity contribution is -0.122. The van der Waals surface area contributed by atoms with Gasteiger partial charge < -0.3 is 16.0 Å². The Hall–Kier alpha value is -2.55. The van der Waals surface area contributed by atoms with Crippen LogP contribution in [0.25, 0.3) is 0 Å². The second kappa shape index (κ2) is 6.06. The number of benzene rings is 1. The number of carbonyl (C=O) groups excluding carboxylic acids is 2. The van der Waals surface area contributed by atoms with Crippen LogP contribution in [0, 0.1) is 17.2 Å². The molecule has 0 saturated carbocycles. The van der Waals surface area contributed by atoms with Crippen molar-refractivity contribution in [2.75, 3.05) is 18.4 Å². The molecule has 0 bridgehead atoms. The molecule has 0 unspecified atom stereocenters. The van der Waals surface area contributed by atoms with Crippen molar-refractivity contribution in [3.8, 4) is 6.07 Å². The highest BCUT2D eigenvalue weighted by Gasteiger charge is 2.25. The zero-order valence-corrected chi connectivity index (χ0v) is 11.0. The highest BCUT2D eigenvalue weighted by molar-refractivity contribution is 5.89. The number of nitrogens with zero attached hydrogens (tertiary/aromatic N) is 2. The zero-order valence-electron chi connectivity index (χ0n) is 11.0. The number of amides is 3. The molecule has 104 valence electrons. The summed E-state index contributed by atoms with van der Waals surface area (Å²) < 4.78 is 0. The van der Waals surface area contributed by atoms with Crippen LogP contribution in [0.1, 0.15) is 18.4 Å². The summed E-state index contributed by atoms with van der Waals surface area (Å²) in [4.78, 5) is 24.8. The second-order valence-corrected chi connectivity index (χ2v) is 4.78. The molecule has 2 rings (SSSR count). The van der Waals surface area contributed by atoms with E-state index in [0.717, 1.165) is 0 Å². The summed E-state index contributed by atoms with van der Waals surface area (Å²) in [6, 6.07) is 8.49. The summed E-state index contributed by atoms with van der Waals surface area (Å²) in [6.07, 6.45) is 1.21. The maximum atomic E-state index is 12.0. The van der Waals surface area contributed by atoms with Gasteiger partial charge >= 0.3 is 6.03 Å². The Morgan fingerprint density at radius 3 is 2.35 bits per heavy atom. The van der Waals surface area contributed by atoms with E-state index in [0.29, 0.717) is 37.2 Å². The summed E-state index contributed by atoms with van der Waals surface area (Å²) in [5, 5.41) is 11.5. The van der Waals surface area contributed by atoms with Crippen LogP contribution >= 0.6 is 0 Å². The Labute approximate surface area is 117 Å². The Kier molecular flexibility index (Phi) is 4.20. The molecule has 1 heterocycles. The lowest BCUT2D eigenvalue weighted by atomic mass is 9.96. The summed E-state index contributed by atoms with van der Waals surface area (Å²) in [6.45, 7) is 1.05. The standard InChI is InChI=1S/C14H16N4O2/c15-9-10-1-3-12(4-2-10)17-14(20)18-7-5-11(6-8-18)13(16)19/h1-4,11H,5-8H2,(H2,16,19)(H,17,20). The molecule has 1 aliphatic heterocycles. The minimum atomic E-state index is -0.294. The van der Waals surface area contributed by atoms with Crippen LogP contribution in [0.2, 0.25) is 0 Å². The number of carbonyl (C=O) groups is 2. The largest absolute Gasteiger partial charge is 0.369 e. The van der Waals surface area contributed by atoms with Crippen LogP contribution in [0.4, 0.5) is 10.5 Å². The minimum absolute atomic E-state index is 0.131. The maximum Gasteiger partial charge on any atom is 0.321 e.